The molecule has 1 saturated heterocycles. The third-order valence-electron chi connectivity index (χ3n) is 8.89. The van der Waals surface area contributed by atoms with Crippen LogP contribution < -0.4 is 5.73 Å². The van der Waals surface area contributed by atoms with Crippen molar-refractivity contribution in [1.29, 1.82) is 5.26 Å². The van der Waals surface area contributed by atoms with Crippen molar-refractivity contribution in [2.75, 3.05) is 13.1 Å². The number of fused-ring (bicyclic) bond motifs is 1. The van der Waals surface area contributed by atoms with Crippen LogP contribution in [0.1, 0.15) is 89.1 Å². The molecular formula is C39H52N6S. The number of aromatic amines is 1. The first-order valence-electron chi connectivity index (χ1n) is 16.5. The van der Waals surface area contributed by atoms with Crippen LogP contribution in [-0.4, -0.2) is 32.9 Å². The second kappa shape index (κ2) is 17.0. The average Bonchev–Trinajstić information content (AvgIpc) is 3.75. The molecule has 0 saturated carbocycles. The van der Waals surface area contributed by atoms with E-state index in [0.717, 1.165) is 89.5 Å². The normalized spacial score (nSPS) is 13.9. The molecule has 1 aliphatic rings. The van der Waals surface area contributed by atoms with Gasteiger partial charge in [0.25, 0.3) is 0 Å². The predicted molar refractivity (Wildman–Crippen MR) is 197 cm³/mol. The molecule has 1 unspecified atom stereocenters. The maximum absolute atomic E-state index is 9.96. The standard InChI is InChI=1S/C35H41N5S.C2H5N.C2H6/c1-7-28-22-41-34(39-28)33-32-31(27(20-37-33)18-35(5,6)8-2)30(21-38-32)23(3)24(4)40-16-14-26(15-17-40)29(19-36)25-12-10-9-11-13-25;1-2-3;1-2/h9-13,20-22,26,29,38H,3-4,7-8,14-18H2,1-2,5-6H3;2H,1,3H2;1-2H3. The predicted octanol–water partition coefficient (Wildman–Crippen LogP) is 9.89. The van der Waals surface area contributed by atoms with E-state index in [1.807, 2.05) is 38.2 Å². The topological polar surface area (TPSA) is 94.6 Å². The van der Waals surface area contributed by atoms with Crippen molar-refractivity contribution >= 4 is 27.8 Å². The minimum atomic E-state index is -0.0714. The Kier molecular flexibility index (Phi) is 13.4. The van der Waals surface area contributed by atoms with Crippen LogP contribution in [0.3, 0.4) is 0 Å². The van der Waals surface area contributed by atoms with E-state index in [1.54, 1.807) is 11.3 Å². The average molecular weight is 637 g/mol. The number of piperidine rings is 1. The van der Waals surface area contributed by atoms with Crippen LogP contribution in [0.5, 0.6) is 0 Å². The summed E-state index contributed by atoms with van der Waals surface area (Å²) in [5, 5.41) is 14.2. The molecule has 1 aliphatic heterocycles. The number of nitrogens with one attached hydrogen (secondary N) is 1. The van der Waals surface area contributed by atoms with E-state index in [4.69, 9.17) is 9.97 Å². The Bertz CT molecular complexity index is 1630. The molecular weight excluding hydrogens is 585 g/mol. The molecule has 6 nitrogen and oxygen atoms in total. The number of hydrogen-bond donors (Lipinski definition) is 2. The number of likely N-dealkylation sites (tertiary alicyclic amines) is 1. The van der Waals surface area contributed by atoms with Gasteiger partial charge in [0.05, 0.1) is 23.2 Å². The van der Waals surface area contributed by atoms with Gasteiger partial charge in [0, 0.05) is 47.5 Å². The number of thiazole rings is 1. The zero-order valence-electron chi connectivity index (χ0n) is 28.7. The first kappa shape index (κ1) is 36.3. The molecule has 1 fully saturated rings. The van der Waals surface area contributed by atoms with E-state index < -0.39 is 0 Å². The molecule has 0 amide bonds. The summed E-state index contributed by atoms with van der Waals surface area (Å²) in [6.45, 7) is 27.0. The van der Waals surface area contributed by atoms with Gasteiger partial charge in [-0.05, 0) is 59.9 Å². The molecule has 0 radical (unpaired) electrons. The fourth-order valence-electron chi connectivity index (χ4n) is 5.93. The fraction of sp³-hybridized carbons (Fsp3) is 0.410. The van der Waals surface area contributed by atoms with Crippen LogP contribution >= 0.6 is 11.3 Å². The highest BCUT2D eigenvalue weighted by Gasteiger charge is 2.30. The van der Waals surface area contributed by atoms with E-state index in [2.05, 4.69) is 92.8 Å². The Labute approximate surface area is 280 Å². The molecule has 3 aromatic heterocycles. The molecule has 4 heterocycles. The molecule has 7 heteroatoms. The summed E-state index contributed by atoms with van der Waals surface area (Å²) >= 11 is 1.65. The lowest BCUT2D eigenvalue weighted by Gasteiger charge is -2.37. The van der Waals surface area contributed by atoms with Gasteiger partial charge >= 0.3 is 0 Å². The van der Waals surface area contributed by atoms with Gasteiger partial charge in [-0.15, -0.1) is 11.3 Å². The van der Waals surface area contributed by atoms with E-state index in [9.17, 15) is 5.26 Å². The zero-order valence-corrected chi connectivity index (χ0v) is 29.5. The molecule has 0 bridgehead atoms. The van der Waals surface area contributed by atoms with Gasteiger partial charge in [0.1, 0.15) is 10.7 Å². The summed E-state index contributed by atoms with van der Waals surface area (Å²) in [5.41, 5.74) is 13.1. The van der Waals surface area contributed by atoms with Crippen molar-refractivity contribution in [3.05, 3.63) is 102 Å². The van der Waals surface area contributed by atoms with Gasteiger partial charge < -0.3 is 15.6 Å². The molecule has 0 spiro atoms. The number of nitrogens with two attached hydrogens (primary N) is 1. The summed E-state index contributed by atoms with van der Waals surface area (Å²) in [5.74, 6) is 0.272. The highest BCUT2D eigenvalue weighted by atomic mass is 32.1. The number of nitrogens with zero attached hydrogens (tertiary/aromatic N) is 4. The summed E-state index contributed by atoms with van der Waals surface area (Å²) < 4.78 is 0. The molecule has 0 aliphatic carbocycles. The van der Waals surface area contributed by atoms with Gasteiger partial charge in [0.15, 0.2) is 0 Å². The number of nitriles is 1. The quantitative estimate of drug-likeness (QED) is 0.169. The lowest BCUT2D eigenvalue weighted by Crippen LogP contribution is -2.34. The number of hydrogen-bond acceptors (Lipinski definition) is 6. The largest absolute Gasteiger partial charge is 0.405 e. The Morgan fingerprint density at radius 2 is 1.85 bits per heavy atom. The number of rotatable bonds is 10. The number of pyridine rings is 1. The van der Waals surface area contributed by atoms with Crippen LogP contribution in [0.4, 0.5) is 0 Å². The van der Waals surface area contributed by atoms with E-state index in [0.29, 0.717) is 5.92 Å². The Hall–Kier alpha value is -4.15. The summed E-state index contributed by atoms with van der Waals surface area (Å²) in [6, 6.07) is 12.8. The number of allylic oxidation sites excluding steroid dienone is 1. The van der Waals surface area contributed by atoms with Crippen LogP contribution in [0.15, 0.2) is 79.7 Å². The molecule has 244 valence electrons. The summed E-state index contributed by atoms with van der Waals surface area (Å²) in [6.07, 6.45) is 10.2. The maximum Gasteiger partial charge on any atom is 0.144 e. The highest BCUT2D eigenvalue weighted by molar-refractivity contribution is 7.13. The number of aryl methyl sites for hydroxylation is 1. The minimum absolute atomic E-state index is 0.0714. The van der Waals surface area contributed by atoms with Crippen LogP contribution in [-0.2, 0) is 12.8 Å². The van der Waals surface area contributed by atoms with Crippen molar-refractivity contribution in [3.63, 3.8) is 0 Å². The minimum Gasteiger partial charge on any atom is -0.405 e. The second-order valence-corrected chi connectivity index (χ2v) is 13.1. The van der Waals surface area contributed by atoms with Crippen molar-refractivity contribution in [2.24, 2.45) is 17.1 Å². The maximum atomic E-state index is 9.96. The van der Waals surface area contributed by atoms with E-state index >= 15 is 0 Å². The third kappa shape index (κ3) is 8.35. The summed E-state index contributed by atoms with van der Waals surface area (Å²) in [4.78, 5) is 15.7. The van der Waals surface area contributed by atoms with Gasteiger partial charge in [-0.25, -0.2) is 4.98 Å². The Balaban J connectivity index is 0.00000109. The molecule has 5 rings (SSSR count). The summed E-state index contributed by atoms with van der Waals surface area (Å²) in [7, 11) is 0. The first-order valence-corrected chi connectivity index (χ1v) is 17.4. The van der Waals surface area contributed by atoms with Crippen LogP contribution in [0.2, 0.25) is 0 Å². The second-order valence-electron chi connectivity index (χ2n) is 12.3. The van der Waals surface area contributed by atoms with Crippen LogP contribution in [0.25, 0.3) is 27.2 Å². The van der Waals surface area contributed by atoms with Gasteiger partial charge in [0.2, 0.25) is 0 Å². The number of aromatic nitrogens is 3. The van der Waals surface area contributed by atoms with Crippen molar-refractivity contribution < 1.29 is 0 Å². The SMILES string of the molecule is C=C(C(=C)N1CCC(C(C#N)c2ccccc2)CC1)c1c[nH]c2c(-c3nc(CC)cs3)ncc(CC(C)(C)CC)c12.C=CN.CC. The first-order chi connectivity index (χ1) is 22.2. The van der Waals surface area contributed by atoms with Crippen LogP contribution in [0, 0.1) is 22.7 Å². The van der Waals surface area contributed by atoms with Crippen molar-refractivity contribution in [3.8, 4) is 16.8 Å². The van der Waals surface area contributed by atoms with Gasteiger partial charge in [-0.1, -0.05) is 98.0 Å². The van der Waals surface area contributed by atoms with Crippen molar-refractivity contribution in [1.82, 2.24) is 19.9 Å². The lowest BCUT2D eigenvalue weighted by molar-refractivity contribution is 0.224. The molecule has 3 N–H and O–H groups in total. The monoisotopic (exact) mass is 636 g/mol. The Morgan fingerprint density at radius 1 is 1.20 bits per heavy atom. The smallest absolute Gasteiger partial charge is 0.144 e. The van der Waals surface area contributed by atoms with Gasteiger partial charge in [-0.2, -0.15) is 5.26 Å². The van der Waals surface area contributed by atoms with E-state index in [-0.39, 0.29) is 11.3 Å². The number of benzene rings is 1. The van der Waals surface area contributed by atoms with Gasteiger partial charge in [-0.3, -0.25) is 4.98 Å². The zero-order chi connectivity index (χ0) is 33.9. The Morgan fingerprint density at radius 3 is 2.41 bits per heavy atom. The molecule has 46 heavy (non-hydrogen) atoms. The lowest BCUT2D eigenvalue weighted by atomic mass is 9.80. The molecule has 1 aromatic carbocycles. The van der Waals surface area contributed by atoms with Crippen molar-refractivity contribution in [2.45, 2.75) is 79.6 Å². The highest BCUT2D eigenvalue weighted by Crippen LogP contribution is 2.40. The number of H-pyrrole nitrogens is 1. The third-order valence-corrected chi connectivity index (χ3v) is 9.79. The molecule has 4 aromatic rings. The molecule has 1 atom stereocenters. The fourth-order valence-corrected chi connectivity index (χ4v) is 6.83. The van der Waals surface area contributed by atoms with E-state index in [1.165, 1.54) is 17.1 Å².